The van der Waals surface area contributed by atoms with Gasteiger partial charge in [0, 0.05) is 5.92 Å². The van der Waals surface area contributed by atoms with Gasteiger partial charge in [0.1, 0.15) is 5.71 Å². The molecule has 0 amide bonds. The third kappa shape index (κ3) is 4.50. The number of hydrogen-bond acceptors (Lipinski definition) is 4. The standard InChI is InChI=1S/C12H19F3N2O2/c1-7(6-16)10(12(13,14)15)17-9-4-2-8(3-5-9)11(18)19/h6,8-9,11,18-19H,2-5,16H2,1H3. The SMILES string of the molecule is CC(=CN)C(=NC1CCC(C(O)O)CC1)C(F)(F)F. The molecule has 0 aromatic heterocycles. The van der Waals surface area contributed by atoms with Crippen molar-refractivity contribution in [3.8, 4) is 0 Å². The molecule has 0 unspecified atom stereocenters. The minimum Gasteiger partial charge on any atom is -0.404 e. The third-order valence-corrected chi connectivity index (χ3v) is 3.37. The van der Waals surface area contributed by atoms with Crippen LogP contribution in [0.2, 0.25) is 0 Å². The van der Waals surface area contributed by atoms with Crippen molar-refractivity contribution in [2.45, 2.75) is 51.1 Å². The molecule has 1 fully saturated rings. The molecule has 4 N–H and O–H groups in total. The normalized spacial score (nSPS) is 26.9. The van der Waals surface area contributed by atoms with Gasteiger partial charge in [-0.05, 0) is 44.4 Å². The fourth-order valence-corrected chi connectivity index (χ4v) is 2.19. The minimum atomic E-state index is -4.52. The second-order valence-corrected chi connectivity index (χ2v) is 4.81. The molecule has 1 aliphatic rings. The van der Waals surface area contributed by atoms with Gasteiger partial charge in [0.2, 0.25) is 0 Å². The Kier molecular flexibility index (Phi) is 5.37. The molecule has 19 heavy (non-hydrogen) atoms. The van der Waals surface area contributed by atoms with Gasteiger partial charge in [-0.1, -0.05) is 0 Å². The van der Waals surface area contributed by atoms with Crippen LogP contribution in [0.5, 0.6) is 0 Å². The highest BCUT2D eigenvalue weighted by Crippen LogP contribution is 2.30. The summed E-state index contributed by atoms with van der Waals surface area (Å²) in [6, 6.07) is -0.443. The lowest BCUT2D eigenvalue weighted by atomic mass is 9.86. The summed E-state index contributed by atoms with van der Waals surface area (Å²) in [5.41, 5.74) is 4.09. The highest BCUT2D eigenvalue weighted by atomic mass is 19.4. The van der Waals surface area contributed by atoms with E-state index in [-0.39, 0.29) is 11.5 Å². The molecule has 0 aromatic rings. The molecule has 0 saturated heterocycles. The summed E-state index contributed by atoms with van der Waals surface area (Å²) in [4.78, 5) is 3.75. The van der Waals surface area contributed by atoms with E-state index in [1.54, 1.807) is 0 Å². The molecule has 1 rings (SSSR count). The van der Waals surface area contributed by atoms with E-state index < -0.39 is 24.2 Å². The fourth-order valence-electron chi connectivity index (χ4n) is 2.19. The number of aliphatic hydroxyl groups excluding tert-OH is 1. The van der Waals surface area contributed by atoms with Crippen molar-refractivity contribution in [3.63, 3.8) is 0 Å². The topological polar surface area (TPSA) is 78.8 Å². The maximum Gasteiger partial charge on any atom is 0.433 e. The molecule has 4 nitrogen and oxygen atoms in total. The van der Waals surface area contributed by atoms with Crippen LogP contribution in [0, 0.1) is 5.92 Å². The van der Waals surface area contributed by atoms with E-state index >= 15 is 0 Å². The van der Waals surface area contributed by atoms with Gasteiger partial charge in [-0.3, -0.25) is 4.99 Å². The summed E-state index contributed by atoms with van der Waals surface area (Å²) in [5.74, 6) is -0.271. The maximum absolute atomic E-state index is 12.8. The minimum absolute atomic E-state index is 0.100. The van der Waals surface area contributed by atoms with Gasteiger partial charge in [0.15, 0.2) is 6.29 Å². The van der Waals surface area contributed by atoms with Crippen molar-refractivity contribution in [1.29, 1.82) is 0 Å². The Morgan fingerprint density at radius 3 is 2.16 bits per heavy atom. The number of rotatable bonds is 3. The van der Waals surface area contributed by atoms with Crippen molar-refractivity contribution >= 4 is 5.71 Å². The predicted octanol–water partition coefficient (Wildman–Crippen LogP) is 1.72. The molecule has 0 aliphatic heterocycles. The lowest BCUT2D eigenvalue weighted by Gasteiger charge is -2.28. The Balaban J connectivity index is 2.77. The van der Waals surface area contributed by atoms with Crippen LogP contribution >= 0.6 is 0 Å². The van der Waals surface area contributed by atoms with E-state index in [9.17, 15) is 13.2 Å². The summed E-state index contributed by atoms with van der Waals surface area (Å²) < 4.78 is 38.4. The second kappa shape index (κ2) is 6.38. The highest BCUT2D eigenvalue weighted by molar-refractivity contribution is 6.03. The number of hydrogen-bond donors (Lipinski definition) is 3. The van der Waals surface area contributed by atoms with E-state index in [1.165, 1.54) is 6.92 Å². The smallest absolute Gasteiger partial charge is 0.404 e. The van der Waals surface area contributed by atoms with Gasteiger partial charge in [-0.15, -0.1) is 0 Å². The zero-order chi connectivity index (χ0) is 14.6. The quantitative estimate of drug-likeness (QED) is 0.544. The first-order valence-electron chi connectivity index (χ1n) is 6.15. The van der Waals surface area contributed by atoms with Crippen LogP contribution in [-0.4, -0.2) is 34.4 Å². The van der Waals surface area contributed by atoms with Crippen molar-refractivity contribution in [1.82, 2.24) is 0 Å². The molecule has 0 radical (unpaired) electrons. The average Bonchev–Trinajstić information content (AvgIpc) is 2.34. The lowest BCUT2D eigenvalue weighted by Crippen LogP contribution is -2.30. The molecule has 0 spiro atoms. The number of nitrogens with two attached hydrogens (primary N) is 1. The summed E-state index contributed by atoms with van der Waals surface area (Å²) >= 11 is 0. The zero-order valence-electron chi connectivity index (χ0n) is 10.7. The molecule has 1 aliphatic carbocycles. The van der Waals surface area contributed by atoms with Crippen molar-refractivity contribution in [2.75, 3.05) is 0 Å². The number of nitrogens with zero attached hydrogens (tertiary/aromatic N) is 1. The Labute approximate surface area is 109 Å². The Morgan fingerprint density at radius 2 is 1.79 bits per heavy atom. The number of alkyl halides is 3. The Hall–Kier alpha value is -1.08. The predicted molar refractivity (Wildman–Crippen MR) is 65.4 cm³/mol. The van der Waals surface area contributed by atoms with Gasteiger partial charge in [-0.2, -0.15) is 13.2 Å². The van der Waals surface area contributed by atoms with E-state index in [2.05, 4.69) is 4.99 Å². The molecule has 7 heteroatoms. The zero-order valence-corrected chi connectivity index (χ0v) is 10.7. The summed E-state index contributed by atoms with van der Waals surface area (Å²) in [6.07, 6.45) is -3.27. The van der Waals surface area contributed by atoms with Crippen LogP contribution in [0.15, 0.2) is 16.8 Å². The molecule has 0 aromatic carbocycles. The van der Waals surface area contributed by atoms with E-state index in [0.29, 0.717) is 25.7 Å². The largest absolute Gasteiger partial charge is 0.433 e. The molecule has 0 atom stereocenters. The van der Waals surface area contributed by atoms with Crippen molar-refractivity contribution < 1.29 is 23.4 Å². The summed E-state index contributed by atoms with van der Waals surface area (Å²) in [5, 5.41) is 18.0. The van der Waals surface area contributed by atoms with Crippen LogP contribution in [0.25, 0.3) is 0 Å². The molecular formula is C12H19F3N2O2. The first-order chi connectivity index (χ1) is 8.75. The van der Waals surface area contributed by atoms with Crippen molar-refractivity contribution in [3.05, 3.63) is 11.8 Å². The highest BCUT2D eigenvalue weighted by Gasteiger charge is 2.37. The van der Waals surface area contributed by atoms with Crippen molar-refractivity contribution in [2.24, 2.45) is 16.6 Å². The molecule has 1 saturated carbocycles. The monoisotopic (exact) mass is 280 g/mol. The number of aliphatic imine (C=N–C) groups is 1. The van der Waals surface area contributed by atoms with Crippen LogP contribution < -0.4 is 5.73 Å². The van der Waals surface area contributed by atoms with Crippen LogP contribution in [-0.2, 0) is 0 Å². The Morgan fingerprint density at radius 1 is 1.26 bits per heavy atom. The van der Waals surface area contributed by atoms with Gasteiger partial charge in [-0.25, -0.2) is 0 Å². The number of aliphatic hydroxyl groups is 2. The van der Waals surface area contributed by atoms with Crippen LogP contribution in [0.3, 0.4) is 0 Å². The second-order valence-electron chi connectivity index (χ2n) is 4.81. The molecule has 0 heterocycles. The van der Waals surface area contributed by atoms with Gasteiger partial charge >= 0.3 is 6.18 Å². The maximum atomic E-state index is 12.8. The summed E-state index contributed by atoms with van der Waals surface area (Å²) in [7, 11) is 0. The Bertz CT molecular complexity index is 356. The van der Waals surface area contributed by atoms with Gasteiger partial charge < -0.3 is 15.9 Å². The fraction of sp³-hybridized carbons (Fsp3) is 0.750. The summed E-state index contributed by atoms with van der Waals surface area (Å²) in [6.45, 7) is 1.27. The first kappa shape index (κ1) is 16.0. The number of allylic oxidation sites excluding steroid dienone is 1. The first-order valence-corrected chi connectivity index (χ1v) is 6.15. The van der Waals surface area contributed by atoms with Gasteiger partial charge in [0.25, 0.3) is 0 Å². The van der Waals surface area contributed by atoms with E-state index in [1.807, 2.05) is 0 Å². The molecular weight excluding hydrogens is 261 g/mol. The average molecular weight is 280 g/mol. The van der Waals surface area contributed by atoms with E-state index in [0.717, 1.165) is 6.20 Å². The molecule has 0 bridgehead atoms. The molecule has 110 valence electrons. The van der Waals surface area contributed by atoms with E-state index in [4.69, 9.17) is 15.9 Å². The number of halogens is 3. The van der Waals surface area contributed by atoms with Gasteiger partial charge in [0.05, 0.1) is 6.04 Å². The third-order valence-electron chi connectivity index (χ3n) is 3.37. The van der Waals surface area contributed by atoms with Crippen LogP contribution in [0.4, 0.5) is 13.2 Å². The lowest BCUT2D eigenvalue weighted by molar-refractivity contribution is -0.0937. The van der Waals surface area contributed by atoms with Crippen LogP contribution in [0.1, 0.15) is 32.6 Å².